The van der Waals surface area contributed by atoms with E-state index in [-0.39, 0.29) is 17.6 Å². The Balaban J connectivity index is 2.06. The minimum absolute atomic E-state index is 0.0143. The highest BCUT2D eigenvalue weighted by atomic mass is 16.6. The topological polar surface area (TPSA) is 118 Å². The number of rotatable bonds is 4. The Hall–Kier alpha value is -2.31. The zero-order valence-electron chi connectivity index (χ0n) is 10.9. The largest absolute Gasteiger partial charge is 0.481 e. The first-order valence-corrected chi connectivity index (χ1v) is 6.50. The van der Waals surface area contributed by atoms with E-state index < -0.39 is 10.9 Å². The summed E-state index contributed by atoms with van der Waals surface area (Å²) in [5, 5.41) is 23.0. The highest BCUT2D eigenvalue weighted by molar-refractivity contribution is 5.70. The minimum atomic E-state index is -0.765. The number of benzene rings is 1. The van der Waals surface area contributed by atoms with E-state index in [0.29, 0.717) is 37.1 Å². The summed E-state index contributed by atoms with van der Waals surface area (Å²) in [6.07, 6.45) is 2.54. The maximum atomic E-state index is 11.0. The molecule has 0 aliphatic heterocycles. The number of carboxylic acid groups (broad SMARTS) is 1. The lowest BCUT2D eigenvalue weighted by molar-refractivity contribution is -0.384. The van der Waals surface area contributed by atoms with Gasteiger partial charge in [-0.25, -0.2) is 0 Å². The van der Waals surface area contributed by atoms with Crippen LogP contribution in [0.3, 0.4) is 0 Å². The second-order valence-corrected chi connectivity index (χ2v) is 5.06. The van der Waals surface area contributed by atoms with Gasteiger partial charge >= 0.3 is 5.97 Å². The van der Waals surface area contributed by atoms with Crippen LogP contribution >= 0.6 is 0 Å². The Kier molecular flexibility index (Phi) is 4.07. The number of nitrogen functional groups attached to an aromatic ring is 1. The highest BCUT2D eigenvalue weighted by Crippen LogP contribution is 2.31. The predicted octanol–water partition coefficient (Wildman–Crippen LogP) is 2.23. The van der Waals surface area contributed by atoms with E-state index >= 15 is 0 Å². The van der Waals surface area contributed by atoms with Crippen LogP contribution in [0.25, 0.3) is 0 Å². The van der Waals surface area contributed by atoms with E-state index in [0.717, 1.165) is 0 Å². The Morgan fingerprint density at radius 2 is 2.00 bits per heavy atom. The van der Waals surface area contributed by atoms with Gasteiger partial charge in [0.15, 0.2) is 0 Å². The smallest absolute Gasteiger partial charge is 0.306 e. The summed E-state index contributed by atoms with van der Waals surface area (Å²) < 4.78 is 0. The molecule has 1 aliphatic rings. The van der Waals surface area contributed by atoms with Gasteiger partial charge in [0, 0.05) is 17.8 Å². The van der Waals surface area contributed by atoms with Crippen LogP contribution in [0, 0.1) is 16.0 Å². The molecular weight excluding hydrogens is 262 g/mol. The fourth-order valence-corrected chi connectivity index (χ4v) is 2.53. The molecule has 0 spiro atoms. The molecule has 108 valence electrons. The SMILES string of the molecule is Nc1ccc([N+](=O)[O-])c(NC2CCC(C(=O)O)CC2)c1. The van der Waals surface area contributed by atoms with Crippen LogP contribution in [0.4, 0.5) is 17.1 Å². The van der Waals surface area contributed by atoms with Crippen LogP contribution in [0.15, 0.2) is 18.2 Å². The molecular formula is C13H17N3O4. The number of hydrogen-bond donors (Lipinski definition) is 3. The molecule has 0 amide bonds. The molecule has 20 heavy (non-hydrogen) atoms. The van der Waals surface area contributed by atoms with Crippen LogP contribution in [-0.4, -0.2) is 22.0 Å². The summed E-state index contributed by atoms with van der Waals surface area (Å²) in [6, 6.07) is 4.46. The number of hydrogen-bond acceptors (Lipinski definition) is 5. The molecule has 1 aliphatic carbocycles. The predicted molar refractivity (Wildman–Crippen MR) is 74.5 cm³/mol. The van der Waals surface area contributed by atoms with Gasteiger partial charge in [-0.05, 0) is 37.8 Å². The Morgan fingerprint density at radius 3 is 2.55 bits per heavy atom. The number of anilines is 2. The fraction of sp³-hybridized carbons (Fsp3) is 0.462. The van der Waals surface area contributed by atoms with Crippen molar-refractivity contribution in [2.75, 3.05) is 11.1 Å². The van der Waals surface area contributed by atoms with Gasteiger partial charge in [0.25, 0.3) is 5.69 Å². The summed E-state index contributed by atoms with van der Waals surface area (Å²) in [5.74, 6) is -1.07. The van der Waals surface area contributed by atoms with Gasteiger partial charge in [-0.15, -0.1) is 0 Å². The van der Waals surface area contributed by atoms with Gasteiger partial charge in [0.05, 0.1) is 10.8 Å². The second kappa shape index (κ2) is 5.77. The third kappa shape index (κ3) is 3.17. The highest BCUT2D eigenvalue weighted by Gasteiger charge is 2.27. The van der Waals surface area contributed by atoms with E-state index in [1.807, 2.05) is 0 Å². The normalized spacial score (nSPS) is 22.2. The Bertz CT molecular complexity index is 524. The molecule has 0 atom stereocenters. The third-order valence-electron chi connectivity index (χ3n) is 3.65. The number of nitro groups is 1. The summed E-state index contributed by atoms with van der Waals surface area (Å²) >= 11 is 0. The molecule has 0 bridgehead atoms. The summed E-state index contributed by atoms with van der Waals surface area (Å²) in [7, 11) is 0. The molecule has 0 heterocycles. The molecule has 2 rings (SSSR count). The van der Waals surface area contributed by atoms with E-state index in [1.54, 1.807) is 6.07 Å². The first-order chi connectivity index (χ1) is 9.47. The first-order valence-electron chi connectivity index (χ1n) is 6.50. The van der Waals surface area contributed by atoms with Crippen LogP contribution in [0.1, 0.15) is 25.7 Å². The minimum Gasteiger partial charge on any atom is -0.481 e. The van der Waals surface area contributed by atoms with E-state index in [4.69, 9.17) is 10.8 Å². The van der Waals surface area contributed by atoms with Crippen molar-refractivity contribution in [3.63, 3.8) is 0 Å². The van der Waals surface area contributed by atoms with Crippen molar-refractivity contribution in [3.8, 4) is 0 Å². The van der Waals surface area contributed by atoms with Gasteiger partial charge in [-0.1, -0.05) is 0 Å². The monoisotopic (exact) mass is 279 g/mol. The van der Waals surface area contributed by atoms with Crippen molar-refractivity contribution in [2.45, 2.75) is 31.7 Å². The van der Waals surface area contributed by atoms with Crippen molar-refractivity contribution in [1.29, 1.82) is 0 Å². The Labute approximate surface area is 115 Å². The number of nitro benzene ring substituents is 1. The number of nitrogens with one attached hydrogen (secondary N) is 1. The van der Waals surface area contributed by atoms with Gasteiger partial charge in [-0.3, -0.25) is 14.9 Å². The first kappa shape index (κ1) is 14.1. The van der Waals surface area contributed by atoms with Crippen LogP contribution < -0.4 is 11.1 Å². The molecule has 0 aromatic heterocycles. The van der Waals surface area contributed by atoms with E-state index in [2.05, 4.69) is 5.32 Å². The molecule has 1 saturated carbocycles. The number of nitrogens with zero attached hydrogens (tertiary/aromatic N) is 1. The molecule has 7 nitrogen and oxygen atoms in total. The molecule has 4 N–H and O–H groups in total. The van der Waals surface area contributed by atoms with Gasteiger partial charge in [0.2, 0.25) is 0 Å². The fourth-order valence-electron chi connectivity index (χ4n) is 2.53. The average molecular weight is 279 g/mol. The molecule has 0 radical (unpaired) electrons. The van der Waals surface area contributed by atoms with Gasteiger partial charge in [0.1, 0.15) is 5.69 Å². The van der Waals surface area contributed by atoms with Crippen molar-refractivity contribution >= 4 is 23.0 Å². The van der Waals surface area contributed by atoms with Gasteiger partial charge in [-0.2, -0.15) is 0 Å². The number of carbonyl (C=O) groups is 1. The number of aliphatic carboxylic acids is 1. The summed E-state index contributed by atoms with van der Waals surface area (Å²) in [6.45, 7) is 0. The van der Waals surface area contributed by atoms with E-state index in [9.17, 15) is 14.9 Å². The summed E-state index contributed by atoms with van der Waals surface area (Å²) in [4.78, 5) is 21.4. The summed E-state index contributed by atoms with van der Waals surface area (Å²) in [5.41, 5.74) is 6.49. The van der Waals surface area contributed by atoms with Crippen LogP contribution in [0.2, 0.25) is 0 Å². The third-order valence-corrected chi connectivity index (χ3v) is 3.65. The zero-order chi connectivity index (χ0) is 14.7. The Morgan fingerprint density at radius 1 is 1.35 bits per heavy atom. The van der Waals surface area contributed by atoms with Crippen molar-refractivity contribution in [3.05, 3.63) is 28.3 Å². The average Bonchev–Trinajstić information content (AvgIpc) is 2.39. The lowest BCUT2D eigenvalue weighted by atomic mass is 9.86. The second-order valence-electron chi connectivity index (χ2n) is 5.06. The van der Waals surface area contributed by atoms with Crippen LogP contribution in [-0.2, 0) is 4.79 Å². The van der Waals surface area contributed by atoms with Crippen molar-refractivity contribution in [2.24, 2.45) is 5.92 Å². The molecule has 1 aromatic carbocycles. The molecule has 1 fully saturated rings. The van der Waals surface area contributed by atoms with Crippen molar-refractivity contribution < 1.29 is 14.8 Å². The standard InChI is InChI=1S/C13H17N3O4/c14-9-3-6-12(16(19)20)11(7-9)15-10-4-1-8(2-5-10)13(17)18/h3,6-8,10,15H,1-2,4-5,14H2,(H,17,18). The van der Waals surface area contributed by atoms with Gasteiger partial charge < -0.3 is 16.2 Å². The quantitative estimate of drug-likeness (QED) is 0.442. The molecule has 0 saturated heterocycles. The molecule has 1 aromatic rings. The number of nitrogens with two attached hydrogens (primary N) is 1. The van der Waals surface area contributed by atoms with Crippen LogP contribution in [0.5, 0.6) is 0 Å². The van der Waals surface area contributed by atoms with Crippen molar-refractivity contribution in [1.82, 2.24) is 0 Å². The lowest BCUT2D eigenvalue weighted by Gasteiger charge is -2.27. The lowest BCUT2D eigenvalue weighted by Crippen LogP contribution is -2.29. The molecule has 7 heteroatoms. The van der Waals surface area contributed by atoms with E-state index in [1.165, 1.54) is 12.1 Å². The number of carboxylic acids is 1. The molecule has 0 unspecified atom stereocenters. The maximum absolute atomic E-state index is 11.0. The zero-order valence-corrected chi connectivity index (χ0v) is 10.9. The maximum Gasteiger partial charge on any atom is 0.306 e.